The Balaban J connectivity index is 2.76. The van der Waals surface area contributed by atoms with Gasteiger partial charge in [-0.25, -0.2) is 9.59 Å². The summed E-state index contributed by atoms with van der Waals surface area (Å²) < 4.78 is 1.88. The highest BCUT2D eigenvalue weighted by Crippen LogP contribution is 2.24. The zero-order valence-corrected chi connectivity index (χ0v) is 15.0. The van der Waals surface area contributed by atoms with Gasteiger partial charge in [-0.15, -0.1) is 0 Å². The quantitative estimate of drug-likeness (QED) is 0.577. The maximum absolute atomic E-state index is 12.0. The fourth-order valence-electron chi connectivity index (χ4n) is 2.15. The molecular formula is C16H28N4O4. The zero-order chi connectivity index (χ0) is 18.5. The monoisotopic (exact) mass is 340 g/mol. The Labute approximate surface area is 142 Å². The molecule has 0 aliphatic heterocycles. The molecule has 1 aromatic heterocycles. The number of hydrogen-bond acceptors (Lipinski definition) is 4. The van der Waals surface area contributed by atoms with E-state index in [0.717, 1.165) is 25.6 Å². The molecule has 0 spiro atoms. The predicted molar refractivity (Wildman–Crippen MR) is 91.1 cm³/mol. The second-order valence-corrected chi connectivity index (χ2v) is 6.89. The Kier molecular flexibility index (Phi) is 6.77. The van der Waals surface area contributed by atoms with E-state index < -0.39 is 24.1 Å². The smallest absolute Gasteiger partial charge is 0.337 e. The van der Waals surface area contributed by atoms with E-state index in [2.05, 4.69) is 29.6 Å². The Morgan fingerprint density at radius 1 is 1.33 bits per heavy atom. The van der Waals surface area contributed by atoms with Crippen LogP contribution in [-0.2, 0) is 11.3 Å². The molecule has 0 fully saturated rings. The second kappa shape index (κ2) is 8.14. The lowest BCUT2D eigenvalue weighted by atomic mass is 10.1. The number of aliphatic carboxylic acids is 1. The molecule has 136 valence electrons. The standard InChI is InChI=1S/C16H28N4O4/c1-10(2)6-7-20-13(11(3)4)12(8-18-20)19-15(23)17-9-16(5,24)14(21)22/h8,10-11,24H,6-7,9H2,1-5H3,(H,21,22)(H2,17,19,23). The number of carbonyl (C=O) groups excluding carboxylic acids is 1. The van der Waals surface area contributed by atoms with E-state index in [1.165, 1.54) is 0 Å². The molecule has 1 aromatic rings. The van der Waals surface area contributed by atoms with Gasteiger partial charge in [0.05, 0.1) is 24.1 Å². The molecule has 8 heteroatoms. The molecule has 0 saturated carbocycles. The minimum absolute atomic E-state index is 0.164. The largest absolute Gasteiger partial charge is 0.479 e. The molecule has 8 nitrogen and oxygen atoms in total. The number of nitrogens with one attached hydrogen (secondary N) is 2. The average Bonchev–Trinajstić information content (AvgIpc) is 2.85. The maximum atomic E-state index is 12.0. The van der Waals surface area contributed by atoms with Crippen molar-refractivity contribution in [3.63, 3.8) is 0 Å². The lowest BCUT2D eigenvalue weighted by Crippen LogP contribution is -2.47. The molecule has 0 aliphatic carbocycles. The number of carboxylic acid groups (broad SMARTS) is 1. The number of carbonyl (C=O) groups is 2. The first-order valence-corrected chi connectivity index (χ1v) is 8.11. The van der Waals surface area contributed by atoms with Gasteiger partial charge in [0.15, 0.2) is 5.60 Å². The van der Waals surface area contributed by atoms with Gasteiger partial charge in [-0.3, -0.25) is 4.68 Å². The predicted octanol–water partition coefficient (Wildman–Crippen LogP) is 2.01. The van der Waals surface area contributed by atoms with Crippen LogP contribution in [0, 0.1) is 5.92 Å². The summed E-state index contributed by atoms with van der Waals surface area (Å²) in [5.41, 5.74) is -0.517. The maximum Gasteiger partial charge on any atom is 0.337 e. The molecule has 0 radical (unpaired) electrons. The molecular weight excluding hydrogens is 312 g/mol. The van der Waals surface area contributed by atoms with Crippen molar-refractivity contribution in [2.75, 3.05) is 11.9 Å². The van der Waals surface area contributed by atoms with Gasteiger partial charge in [0.2, 0.25) is 0 Å². The number of nitrogens with zero attached hydrogens (tertiary/aromatic N) is 2. The molecule has 0 aliphatic rings. The number of rotatable bonds is 8. The minimum atomic E-state index is -2.01. The van der Waals surface area contributed by atoms with E-state index >= 15 is 0 Å². The summed E-state index contributed by atoms with van der Waals surface area (Å²) in [5.74, 6) is -0.684. The Bertz CT molecular complexity index is 579. The van der Waals surface area contributed by atoms with Crippen LogP contribution in [0.3, 0.4) is 0 Å². The number of amides is 2. The summed E-state index contributed by atoms with van der Waals surface area (Å²) in [6.07, 6.45) is 2.57. The van der Waals surface area contributed by atoms with Crippen LogP contribution in [0.1, 0.15) is 52.7 Å². The van der Waals surface area contributed by atoms with Crippen LogP contribution in [0.2, 0.25) is 0 Å². The van der Waals surface area contributed by atoms with E-state index in [4.69, 9.17) is 5.11 Å². The van der Waals surface area contributed by atoms with Crippen molar-refractivity contribution in [1.29, 1.82) is 0 Å². The zero-order valence-electron chi connectivity index (χ0n) is 15.0. The number of hydrogen-bond donors (Lipinski definition) is 4. The normalized spacial score (nSPS) is 13.8. The van der Waals surface area contributed by atoms with Crippen molar-refractivity contribution >= 4 is 17.7 Å². The summed E-state index contributed by atoms with van der Waals surface area (Å²) in [6, 6.07) is -0.582. The fraction of sp³-hybridized carbons (Fsp3) is 0.688. The number of urea groups is 1. The van der Waals surface area contributed by atoms with E-state index in [-0.39, 0.29) is 5.92 Å². The van der Waals surface area contributed by atoms with Gasteiger partial charge < -0.3 is 20.8 Å². The highest BCUT2D eigenvalue weighted by atomic mass is 16.4. The number of aryl methyl sites for hydroxylation is 1. The van der Waals surface area contributed by atoms with Crippen LogP contribution in [-0.4, -0.2) is 44.1 Å². The van der Waals surface area contributed by atoms with Crippen molar-refractivity contribution in [2.45, 2.75) is 59.1 Å². The second-order valence-electron chi connectivity index (χ2n) is 6.89. The van der Waals surface area contributed by atoms with Gasteiger partial charge in [-0.2, -0.15) is 5.10 Å². The van der Waals surface area contributed by atoms with Gasteiger partial charge in [0, 0.05) is 6.54 Å². The van der Waals surface area contributed by atoms with Gasteiger partial charge in [-0.1, -0.05) is 27.7 Å². The number of aromatic nitrogens is 2. The summed E-state index contributed by atoms with van der Waals surface area (Å²) in [6.45, 7) is 9.80. The minimum Gasteiger partial charge on any atom is -0.479 e. The molecule has 1 heterocycles. The van der Waals surface area contributed by atoms with E-state index in [1.54, 1.807) is 6.20 Å². The van der Waals surface area contributed by atoms with Crippen molar-refractivity contribution in [3.05, 3.63) is 11.9 Å². The van der Waals surface area contributed by atoms with Gasteiger partial charge >= 0.3 is 12.0 Å². The Hall–Kier alpha value is -2.09. The van der Waals surface area contributed by atoms with Crippen LogP contribution >= 0.6 is 0 Å². The first-order chi connectivity index (χ1) is 11.0. The van der Waals surface area contributed by atoms with Crippen LogP contribution < -0.4 is 10.6 Å². The molecule has 2 amide bonds. The average molecular weight is 340 g/mol. The molecule has 4 N–H and O–H groups in total. The van der Waals surface area contributed by atoms with Crippen molar-refractivity contribution in [3.8, 4) is 0 Å². The molecule has 0 aromatic carbocycles. The first kappa shape index (κ1) is 20.0. The fourth-order valence-corrected chi connectivity index (χ4v) is 2.15. The molecule has 1 rings (SSSR count). The molecule has 0 bridgehead atoms. The summed E-state index contributed by atoms with van der Waals surface area (Å²) in [5, 5.41) is 27.8. The topological polar surface area (TPSA) is 116 Å². The number of carboxylic acids is 1. The van der Waals surface area contributed by atoms with Crippen LogP contribution in [0.15, 0.2) is 6.20 Å². The Morgan fingerprint density at radius 3 is 2.46 bits per heavy atom. The van der Waals surface area contributed by atoms with Gasteiger partial charge in [0.1, 0.15) is 0 Å². The molecule has 1 atom stereocenters. The van der Waals surface area contributed by atoms with E-state index in [0.29, 0.717) is 11.6 Å². The van der Waals surface area contributed by atoms with Crippen molar-refractivity contribution < 1.29 is 19.8 Å². The third-order valence-corrected chi connectivity index (χ3v) is 3.65. The summed E-state index contributed by atoms with van der Waals surface area (Å²) >= 11 is 0. The first-order valence-electron chi connectivity index (χ1n) is 8.11. The third kappa shape index (κ3) is 5.52. The van der Waals surface area contributed by atoms with E-state index in [1.807, 2.05) is 18.5 Å². The Morgan fingerprint density at radius 2 is 1.96 bits per heavy atom. The van der Waals surface area contributed by atoms with E-state index in [9.17, 15) is 14.7 Å². The lowest BCUT2D eigenvalue weighted by molar-refractivity contribution is -0.155. The SMILES string of the molecule is CC(C)CCn1ncc(NC(=O)NCC(C)(O)C(=O)O)c1C(C)C. The molecule has 24 heavy (non-hydrogen) atoms. The van der Waals surface area contributed by atoms with Crippen molar-refractivity contribution in [2.24, 2.45) is 5.92 Å². The summed E-state index contributed by atoms with van der Waals surface area (Å²) in [4.78, 5) is 22.8. The molecule has 1 unspecified atom stereocenters. The highest BCUT2D eigenvalue weighted by molar-refractivity contribution is 5.90. The molecule has 0 saturated heterocycles. The summed E-state index contributed by atoms with van der Waals surface area (Å²) in [7, 11) is 0. The number of anilines is 1. The van der Waals surface area contributed by atoms with Crippen molar-refractivity contribution in [1.82, 2.24) is 15.1 Å². The van der Waals surface area contributed by atoms with Crippen LogP contribution in [0.25, 0.3) is 0 Å². The lowest BCUT2D eigenvalue weighted by Gasteiger charge is -2.19. The highest BCUT2D eigenvalue weighted by Gasteiger charge is 2.30. The van der Waals surface area contributed by atoms with Gasteiger partial charge in [-0.05, 0) is 25.2 Å². The number of aliphatic hydroxyl groups is 1. The third-order valence-electron chi connectivity index (χ3n) is 3.65. The van der Waals surface area contributed by atoms with Crippen LogP contribution in [0.4, 0.5) is 10.5 Å². The van der Waals surface area contributed by atoms with Crippen LogP contribution in [0.5, 0.6) is 0 Å². The van der Waals surface area contributed by atoms with Gasteiger partial charge in [0.25, 0.3) is 0 Å².